The minimum absolute atomic E-state index is 0.00863. The fourth-order valence-corrected chi connectivity index (χ4v) is 4.28. The van der Waals surface area contributed by atoms with Gasteiger partial charge in [-0.3, -0.25) is 9.69 Å². The molecule has 0 spiro atoms. The summed E-state index contributed by atoms with van der Waals surface area (Å²) in [4.78, 5) is 24.9. The first-order valence-electron chi connectivity index (χ1n) is 11.1. The summed E-state index contributed by atoms with van der Waals surface area (Å²) in [6, 6.07) is 13.6. The van der Waals surface area contributed by atoms with E-state index in [0.717, 1.165) is 56.5 Å². The van der Waals surface area contributed by atoms with Crippen LogP contribution in [-0.4, -0.2) is 60.0 Å². The van der Waals surface area contributed by atoms with Crippen molar-refractivity contribution in [2.75, 3.05) is 50.0 Å². The largest absolute Gasteiger partial charge is 0.469 e. The van der Waals surface area contributed by atoms with E-state index in [4.69, 9.17) is 14.1 Å². The molecule has 2 aromatic heterocycles. The molecule has 1 saturated heterocycles. The molecule has 8 heteroatoms. The van der Waals surface area contributed by atoms with Crippen LogP contribution in [0, 0.1) is 0 Å². The average Bonchev–Trinajstić information content (AvgIpc) is 3.35. The number of anilines is 3. The highest BCUT2D eigenvalue weighted by molar-refractivity contribution is 6.03. The molecule has 1 aliphatic carbocycles. The Balaban J connectivity index is 1.40. The zero-order valence-corrected chi connectivity index (χ0v) is 17.9. The number of ketones is 1. The van der Waals surface area contributed by atoms with E-state index < -0.39 is 0 Å². The summed E-state index contributed by atoms with van der Waals surface area (Å²) >= 11 is 0. The van der Waals surface area contributed by atoms with Crippen molar-refractivity contribution in [2.24, 2.45) is 0 Å². The minimum Gasteiger partial charge on any atom is -0.469 e. The summed E-state index contributed by atoms with van der Waals surface area (Å²) in [5.74, 6) is 1.93. The molecular formula is C24H27N5O3. The number of carbonyl (C=O) groups excluding carboxylic acids is 1. The van der Waals surface area contributed by atoms with E-state index in [-0.39, 0.29) is 11.7 Å². The Bertz CT molecular complexity index is 1050. The van der Waals surface area contributed by atoms with E-state index in [0.29, 0.717) is 30.2 Å². The molecule has 166 valence electrons. The predicted molar refractivity (Wildman–Crippen MR) is 122 cm³/mol. The molecule has 2 N–H and O–H groups in total. The Morgan fingerprint density at radius 2 is 1.88 bits per heavy atom. The second-order valence-corrected chi connectivity index (χ2v) is 8.13. The van der Waals surface area contributed by atoms with Crippen LogP contribution in [0.25, 0.3) is 0 Å². The second-order valence-electron chi connectivity index (χ2n) is 8.13. The van der Waals surface area contributed by atoms with Crippen molar-refractivity contribution in [1.82, 2.24) is 14.9 Å². The van der Waals surface area contributed by atoms with Crippen molar-refractivity contribution >= 4 is 23.2 Å². The maximum atomic E-state index is 13.1. The highest BCUT2D eigenvalue weighted by atomic mass is 16.5. The van der Waals surface area contributed by atoms with E-state index >= 15 is 0 Å². The van der Waals surface area contributed by atoms with Crippen molar-refractivity contribution in [2.45, 2.75) is 18.8 Å². The zero-order valence-electron chi connectivity index (χ0n) is 17.9. The normalized spacial score (nSPS) is 18.9. The van der Waals surface area contributed by atoms with Crippen LogP contribution >= 0.6 is 0 Å². The summed E-state index contributed by atoms with van der Waals surface area (Å²) in [5.41, 5.74) is 2.22. The lowest BCUT2D eigenvalue weighted by Crippen LogP contribution is -2.39. The van der Waals surface area contributed by atoms with E-state index in [1.54, 1.807) is 6.26 Å². The maximum Gasteiger partial charge on any atom is 0.224 e. The molecule has 0 radical (unpaired) electrons. The summed E-state index contributed by atoms with van der Waals surface area (Å²) in [5, 5.41) is 6.68. The molecule has 3 heterocycles. The van der Waals surface area contributed by atoms with Gasteiger partial charge in [-0.05, 0) is 24.3 Å². The number of ether oxygens (including phenoxy) is 1. The number of Topliss-reactive ketones (excluding diaryl/α,β-unsaturated/α-hetero) is 1. The van der Waals surface area contributed by atoms with Crippen LogP contribution in [0.2, 0.25) is 0 Å². The first-order chi connectivity index (χ1) is 15.8. The van der Waals surface area contributed by atoms with Crippen molar-refractivity contribution in [1.29, 1.82) is 0 Å². The number of furan rings is 1. The van der Waals surface area contributed by atoms with Crippen LogP contribution < -0.4 is 10.6 Å². The molecule has 32 heavy (non-hydrogen) atoms. The van der Waals surface area contributed by atoms with E-state index in [1.807, 2.05) is 42.5 Å². The van der Waals surface area contributed by atoms with Crippen molar-refractivity contribution in [3.63, 3.8) is 0 Å². The lowest BCUT2D eigenvalue weighted by Gasteiger charge is -2.27. The maximum absolute atomic E-state index is 13.1. The number of rotatable bonds is 7. The van der Waals surface area contributed by atoms with Crippen LogP contribution in [0.5, 0.6) is 0 Å². The number of para-hydroxylation sites is 1. The summed E-state index contributed by atoms with van der Waals surface area (Å²) < 4.78 is 11.0. The standard InChI is InChI=1S/C24H27N5O3/c30-20-16-17(21-7-4-12-32-21)15-19-22(20)23(26-18-5-2-1-3-6-18)28-24(27-19)25-8-9-29-10-13-31-14-11-29/h1-7,12,17H,8-11,13-16H2,(H2,25,26,27,28). The lowest BCUT2D eigenvalue weighted by molar-refractivity contribution is 0.0398. The molecule has 1 aromatic carbocycles. The monoisotopic (exact) mass is 433 g/mol. The van der Waals surface area contributed by atoms with Crippen molar-refractivity contribution < 1.29 is 13.9 Å². The van der Waals surface area contributed by atoms with Crippen molar-refractivity contribution in [3.05, 3.63) is 65.7 Å². The number of benzene rings is 1. The van der Waals surface area contributed by atoms with Gasteiger partial charge in [-0.2, -0.15) is 4.98 Å². The van der Waals surface area contributed by atoms with Gasteiger partial charge in [-0.15, -0.1) is 0 Å². The van der Waals surface area contributed by atoms with E-state index in [1.165, 1.54) is 0 Å². The number of hydrogen-bond donors (Lipinski definition) is 2. The molecule has 1 aliphatic heterocycles. The van der Waals surface area contributed by atoms with Crippen molar-refractivity contribution in [3.8, 4) is 0 Å². The van der Waals surface area contributed by atoms with Crippen LogP contribution in [-0.2, 0) is 11.2 Å². The van der Waals surface area contributed by atoms with Gasteiger partial charge in [0.25, 0.3) is 0 Å². The molecule has 2 aliphatic rings. The van der Waals surface area contributed by atoms with E-state index in [2.05, 4.69) is 20.5 Å². The van der Waals surface area contributed by atoms with E-state index in [9.17, 15) is 4.79 Å². The molecule has 0 saturated carbocycles. The Morgan fingerprint density at radius 1 is 1.03 bits per heavy atom. The summed E-state index contributed by atoms with van der Waals surface area (Å²) in [6.07, 6.45) is 2.67. The SMILES string of the molecule is O=C1CC(c2ccco2)Cc2nc(NCCN3CCOCC3)nc(Nc3ccccc3)c21. The van der Waals surface area contributed by atoms with Crippen LogP contribution in [0.1, 0.15) is 34.2 Å². The third kappa shape index (κ3) is 4.66. The number of carbonyl (C=O) groups is 1. The fraction of sp³-hybridized carbons (Fsp3) is 0.375. The average molecular weight is 434 g/mol. The number of hydrogen-bond acceptors (Lipinski definition) is 8. The Morgan fingerprint density at radius 3 is 2.66 bits per heavy atom. The number of aromatic nitrogens is 2. The van der Waals surface area contributed by atoms with Gasteiger partial charge in [0.2, 0.25) is 5.95 Å². The molecule has 0 bridgehead atoms. The Kier molecular flexibility index (Phi) is 6.13. The molecule has 1 fully saturated rings. The summed E-state index contributed by atoms with van der Waals surface area (Å²) in [6.45, 7) is 5.03. The van der Waals surface area contributed by atoms with Gasteiger partial charge >= 0.3 is 0 Å². The fourth-order valence-electron chi connectivity index (χ4n) is 4.28. The predicted octanol–water partition coefficient (Wildman–Crippen LogP) is 3.47. The van der Waals surface area contributed by atoms with Gasteiger partial charge < -0.3 is 19.8 Å². The second kappa shape index (κ2) is 9.50. The number of nitrogens with one attached hydrogen (secondary N) is 2. The van der Waals surface area contributed by atoms with Crippen LogP contribution in [0.4, 0.5) is 17.5 Å². The Labute approximate surface area is 187 Å². The Hall–Kier alpha value is -3.23. The van der Waals surface area contributed by atoms with Gasteiger partial charge in [0, 0.05) is 50.6 Å². The summed E-state index contributed by atoms with van der Waals surface area (Å²) in [7, 11) is 0. The van der Waals surface area contributed by atoms with Gasteiger partial charge in [-0.1, -0.05) is 18.2 Å². The number of nitrogens with zero attached hydrogens (tertiary/aromatic N) is 3. The smallest absolute Gasteiger partial charge is 0.224 e. The highest BCUT2D eigenvalue weighted by Gasteiger charge is 2.32. The van der Waals surface area contributed by atoms with Crippen LogP contribution in [0.15, 0.2) is 53.1 Å². The van der Waals surface area contributed by atoms with Gasteiger partial charge in [0.05, 0.1) is 30.7 Å². The molecule has 3 aromatic rings. The first kappa shape index (κ1) is 20.7. The lowest BCUT2D eigenvalue weighted by atomic mass is 9.84. The molecular weight excluding hydrogens is 406 g/mol. The quantitative estimate of drug-likeness (QED) is 0.585. The molecule has 0 amide bonds. The number of morpholine rings is 1. The third-order valence-corrected chi connectivity index (χ3v) is 5.93. The molecule has 8 nitrogen and oxygen atoms in total. The topological polar surface area (TPSA) is 92.5 Å². The minimum atomic E-state index is -0.00863. The highest BCUT2D eigenvalue weighted by Crippen LogP contribution is 2.36. The van der Waals surface area contributed by atoms with Gasteiger partial charge in [0.15, 0.2) is 5.78 Å². The van der Waals surface area contributed by atoms with Gasteiger partial charge in [-0.25, -0.2) is 4.98 Å². The zero-order chi connectivity index (χ0) is 21.8. The van der Waals surface area contributed by atoms with Gasteiger partial charge in [0.1, 0.15) is 11.6 Å². The molecule has 1 atom stereocenters. The molecule has 5 rings (SSSR count). The first-order valence-corrected chi connectivity index (χ1v) is 11.1. The molecule has 1 unspecified atom stereocenters. The number of fused-ring (bicyclic) bond motifs is 1. The third-order valence-electron chi connectivity index (χ3n) is 5.93. The van der Waals surface area contributed by atoms with Crippen LogP contribution in [0.3, 0.4) is 0 Å².